The molecule has 0 amide bonds. The lowest BCUT2D eigenvalue weighted by atomic mass is 10.1. The van der Waals surface area contributed by atoms with Crippen LogP contribution in [0, 0.1) is 0 Å². The Bertz CT molecular complexity index is 485. The second-order valence-electron chi connectivity index (χ2n) is 7.38. The molecule has 118 valence electrons. The topological polar surface area (TPSA) is 27.7 Å². The lowest BCUT2D eigenvalue weighted by Crippen LogP contribution is -2.44. The Morgan fingerprint density at radius 3 is 1.71 bits per heavy atom. The fraction of sp³-hybridized carbons (Fsp3) is 0.647. The van der Waals surface area contributed by atoms with Crippen molar-refractivity contribution >= 4 is 8.32 Å². The van der Waals surface area contributed by atoms with Crippen molar-refractivity contribution in [2.45, 2.75) is 57.8 Å². The molecule has 3 nitrogen and oxygen atoms in total. The SMILES string of the molecule is COc1cc2c(cc1OC)CC(O[Si](C)(C)C(C)(C)C)C2. The van der Waals surface area contributed by atoms with Crippen LogP contribution >= 0.6 is 0 Å². The van der Waals surface area contributed by atoms with E-state index in [1.54, 1.807) is 14.2 Å². The second-order valence-corrected chi connectivity index (χ2v) is 12.1. The fourth-order valence-electron chi connectivity index (χ4n) is 2.58. The highest BCUT2D eigenvalue weighted by atomic mass is 28.4. The molecule has 0 spiro atoms. The van der Waals surface area contributed by atoms with Gasteiger partial charge in [-0.05, 0) is 54.2 Å². The van der Waals surface area contributed by atoms with E-state index in [1.165, 1.54) is 11.1 Å². The lowest BCUT2D eigenvalue weighted by Gasteiger charge is -2.38. The summed E-state index contributed by atoms with van der Waals surface area (Å²) in [4.78, 5) is 0. The average molecular weight is 308 g/mol. The lowest BCUT2D eigenvalue weighted by molar-refractivity contribution is 0.191. The van der Waals surface area contributed by atoms with E-state index < -0.39 is 8.32 Å². The minimum Gasteiger partial charge on any atom is -0.493 e. The highest BCUT2D eigenvalue weighted by Crippen LogP contribution is 2.41. The maximum atomic E-state index is 6.55. The van der Waals surface area contributed by atoms with Crippen molar-refractivity contribution in [2.75, 3.05) is 14.2 Å². The molecule has 0 saturated carbocycles. The van der Waals surface area contributed by atoms with E-state index in [2.05, 4.69) is 46.0 Å². The van der Waals surface area contributed by atoms with Crippen molar-refractivity contribution in [3.8, 4) is 11.5 Å². The van der Waals surface area contributed by atoms with Gasteiger partial charge in [-0.2, -0.15) is 0 Å². The summed E-state index contributed by atoms with van der Waals surface area (Å²) in [6, 6.07) is 4.20. The van der Waals surface area contributed by atoms with E-state index in [4.69, 9.17) is 13.9 Å². The van der Waals surface area contributed by atoms with Gasteiger partial charge in [0.05, 0.1) is 20.3 Å². The molecular formula is C17H28O3Si. The molecule has 0 N–H and O–H groups in total. The first-order chi connectivity index (χ1) is 9.68. The molecule has 0 aromatic heterocycles. The molecule has 0 bridgehead atoms. The van der Waals surface area contributed by atoms with Crippen molar-refractivity contribution in [2.24, 2.45) is 0 Å². The maximum Gasteiger partial charge on any atom is 0.192 e. The first-order valence-corrected chi connectivity index (χ1v) is 10.5. The quantitative estimate of drug-likeness (QED) is 0.781. The van der Waals surface area contributed by atoms with Gasteiger partial charge in [0.2, 0.25) is 0 Å². The van der Waals surface area contributed by atoms with Gasteiger partial charge in [0.15, 0.2) is 19.8 Å². The highest BCUT2D eigenvalue weighted by Gasteiger charge is 2.40. The second kappa shape index (κ2) is 5.65. The number of hydrogen-bond acceptors (Lipinski definition) is 3. The van der Waals surface area contributed by atoms with Gasteiger partial charge in [-0.1, -0.05) is 20.8 Å². The molecule has 0 fully saturated rings. The van der Waals surface area contributed by atoms with Crippen LogP contribution in [0.2, 0.25) is 18.1 Å². The largest absolute Gasteiger partial charge is 0.493 e. The molecule has 0 radical (unpaired) electrons. The summed E-state index contributed by atoms with van der Waals surface area (Å²) in [5.41, 5.74) is 2.66. The van der Waals surface area contributed by atoms with Crippen LogP contribution in [0.4, 0.5) is 0 Å². The Morgan fingerprint density at radius 1 is 0.952 bits per heavy atom. The van der Waals surface area contributed by atoms with Crippen molar-refractivity contribution < 1.29 is 13.9 Å². The van der Waals surface area contributed by atoms with Crippen LogP contribution in [0.5, 0.6) is 11.5 Å². The molecule has 0 saturated heterocycles. The van der Waals surface area contributed by atoms with Crippen LogP contribution in [0.25, 0.3) is 0 Å². The molecule has 0 unspecified atom stereocenters. The molecule has 2 rings (SSSR count). The van der Waals surface area contributed by atoms with Crippen LogP contribution in [0.3, 0.4) is 0 Å². The molecule has 1 aromatic carbocycles. The standard InChI is InChI=1S/C17H28O3Si/c1-17(2,3)21(6,7)20-14-8-12-10-15(18-4)16(19-5)11-13(12)9-14/h10-11,14H,8-9H2,1-7H3. The Balaban J connectivity index is 2.17. The summed E-state index contributed by atoms with van der Waals surface area (Å²) in [6.45, 7) is 11.5. The minimum absolute atomic E-state index is 0.247. The number of ether oxygens (including phenoxy) is 2. The highest BCUT2D eigenvalue weighted by molar-refractivity contribution is 6.74. The van der Waals surface area contributed by atoms with Crippen molar-refractivity contribution in [1.82, 2.24) is 0 Å². The molecule has 1 aliphatic rings. The minimum atomic E-state index is -1.72. The Labute approximate surface area is 129 Å². The number of methoxy groups -OCH3 is 2. The van der Waals surface area contributed by atoms with Gasteiger partial charge in [-0.25, -0.2) is 0 Å². The average Bonchev–Trinajstić information content (AvgIpc) is 2.75. The molecule has 0 heterocycles. The van der Waals surface area contributed by atoms with E-state index in [0.29, 0.717) is 0 Å². The van der Waals surface area contributed by atoms with Crippen LogP contribution in [-0.2, 0) is 17.3 Å². The summed E-state index contributed by atoms with van der Waals surface area (Å²) in [5.74, 6) is 1.62. The van der Waals surface area contributed by atoms with Gasteiger partial charge in [-0.3, -0.25) is 0 Å². The van der Waals surface area contributed by atoms with Crippen LogP contribution < -0.4 is 9.47 Å². The third kappa shape index (κ3) is 3.27. The zero-order valence-corrected chi connectivity index (χ0v) is 15.4. The molecule has 21 heavy (non-hydrogen) atoms. The van der Waals surface area contributed by atoms with Gasteiger partial charge < -0.3 is 13.9 Å². The number of benzene rings is 1. The van der Waals surface area contributed by atoms with E-state index in [9.17, 15) is 0 Å². The van der Waals surface area contributed by atoms with E-state index in [0.717, 1.165) is 24.3 Å². The Morgan fingerprint density at radius 2 is 1.38 bits per heavy atom. The van der Waals surface area contributed by atoms with Crippen LogP contribution in [0.1, 0.15) is 31.9 Å². The number of fused-ring (bicyclic) bond motifs is 1. The monoisotopic (exact) mass is 308 g/mol. The Kier molecular flexibility index (Phi) is 4.40. The summed E-state index contributed by atoms with van der Waals surface area (Å²) >= 11 is 0. The van der Waals surface area contributed by atoms with E-state index >= 15 is 0 Å². The number of hydrogen-bond donors (Lipinski definition) is 0. The predicted octanol–water partition coefficient (Wildman–Crippen LogP) is 4.19. The fourth-order valence-corrected chi connectivity index (χ4v) is 3.94. The van der Waals surface area contributed by atoms with Crippen molar-refractivity contribution in [1.29, 1.82) is 0 Å². The van der Waals surface area contributed by atoms with Crippen LogP contribution in [-0.4, -0.2) is 28.6 Å². The first-order valence-electron chi connectivity index (χ1n) is 7.59. The predicted molar refractivity (Wildman–Crippen MR) is 89.0 cm³/mol. The van der Waals surface area contributed by atoms with Crippen molar-refractivity contribution in [3.05, 3.63) is 23.3 Å². The van der Waals surface area contributed by atoms with E-state index in [1.807, 2.05) is 0 Å². The smallest absolute Gasteiger partial charge is 0.192 e. The molecule has 4 heteroatoms. The van der Waals surface area contributed by atoms with Gasteiger partial charge >= 0.3 is 0 Å². The van der Waals surface area contributed by atoms with Gasteiger partial charge in [0.1, 0.15) is 0 Å². The normalized spacial score (nSPS) is 16.0. The molecule has 0 aliphatic heterocycles. The number of rotatable bonds is 4. The van der Waals surface area contributed by atoms with Gasteiger partial charge in [0.25, 0.3) is 0 Å². The van der Waals surface area contributed by atoms with E-state index in [-0.39, 0.29) is 11.1 Å². The van der Waals surface area contributed by atoms with Crippen LogP contribution in [0.15, 0.2) is 12.1 Å². The first kappa shape index (κ1) is 16.4. The molecule has 1 aromatic rings. The summed E-state index contributed by atoms with van der Waals surface area (Å²) in [6.07, 6.45) is 2.24. The maximum absolute atomic E-state index is 6.55. The van der Waals surface area contributed by atoms with Gasteiger partial charge in [0, 0.05) is 0 Å². The molecular weight excluding hydrogens is 280 g/mol. The van der Waals surface area contributed by atoms with Gasteiger partial charge in [-0.15, -0.1) is 0 Å². The summed E-state index contributed by atoms with van der Waals surface area (Å²) in [7, 11) is 1.65. The molecule has 1 aliphatic carbocycles. The summed E-state index contributed by atoms with van der Waals surface area (Å²) < 4.78 is 17.3. The van der Waals surface area contributed by atoms with Crippen molar-refractivity contribution in [3.63, 3.8) is 0 Å². The Hall–Kier alpha value is -1.00. The zero-order chi connectivity index (χ0) is 15.8. The summed E-state index contributed by atoms with van der Waals surface area (Å²) in [5, 5.41) is 0.247. The third-order valence-corrected chi connectivity index (χ3v) is 9.40. The third-order valence-electron chi connectivity index (χ3n) is 4.87. The zero-order valence-electron chi connectivity index (χ0n) is 14.4. The molecule has 0 atom stereocenters.